The summed E-state index contributed by atoms with van der Waals surface area (Å²) in [5.41, 5.74) is 2.11. The third-order valence-electron chi connectivity index (χ3n) is 4.20. The lowest BCUT2D eigenvalue weighted by atomic mass is 10.1. The van der Waals surface area contributed by atoms with Crippen molar-refractivity contribution >= 4 is 23.4 Å². The number of benzene rings is 2. The second kappa shape index (κ2) is 8.98. The number of anilines is 1. The molecule has 1 heterocycles. The SMILES string of the molecule is CCCCNC(=O)c1ccc(C2=NCCO2)cc1NC(=O)c1ccccc1. The number of carbonyl (C=O) groups excluding carboxylic acids is 2. The minimum absolute atomic E-state index is 0.215. The Bertz CT molecular complexity index is 847. The molecule has 0 spiro atoms. The minimum atomic E-state index is -0.273. The summed E-state index contributed by atoms with van der Waals surface area (Å²) in [6.07, 6.45) is 1.90. The standard InChI is InChI=1S/C21H23N3O3/c1-2-3-11-22-20(26)17-10-9-16(21-23-12-13-27-21)14-18(17)24-19(25)15-7-5-4-6-8-15/h4-10,14H,2-3,11-13H2,1H3,(H,22,26)(H,24,25). The fraction of sp³-hybridized carbons (Fsp3) is 0.286. The Hall–Kier alpha value is -3.15. The number of hydrogen-bond acceptors (Lipinski definition) is 4. The van der Waals surface area contributed by atoms with E-state index in [1.54, 1.807) is 42.5 Å². The number of carbonyl (C=O) groups is 2. The monoisotopic (exact) mass is 365 g/mol. The van der Waals surface area contributed by atoms with Gasteiger partial charge in [0.25, 0.3) is 11.8 Å². The minimum Gasteiger partial charge on any atom is -0.476 e. The van der Waals surface area contributed by atoms with Crippen molar-refractivity contribution in [2.45, 2.75) is 19.8 Å². The largest absolute Gasteiger partial charge is 0.476 e. The van der Waals surface area contributed by atoms with E-state index < -0.39 is 0 Å². The Morgan fingerprint density at radius 3 is 2.63 bits per heavy atom. The fourth-order valence-corrected chi connectivity index (χ4v) is 2.75. The molecule has 3 rings (SSSR count). The van der Waals surface area contributed by atoms with Crippen molar-refractivity contribution in [3.05, 3.63) is 65.2 Å². The summed E-state index contributed by atoms with van der Waals surface area (Å²) in [7, 11) is 0. The van der Waals surface area contributed by atoms with Crippen molar-refractivity contribution in [1.29, 1.82) is 0 Å². The second-order valence-corrected chi connectivity index (χ2v) is 6.23. The number of ether oxygens (including phenoxy) is 1. The first kappa shape index (κ1) is 18.6. The van der Waals surface area contributed by atoms with Gasteiger partial charge in [-0.15, -0.1) is 0 Å². The number of nitrogens with one attached hydrogen (secondary N) is 2. The van der Waals surface area contributed by atoms with Crippen LogP contribution in [0.1, 0.15) is 46.0 Å². The van der Waals surface area contributed by atoms with Crippen LogP contribution in [0, 0.1) is 0 Å². The smallest absolute Gasteiger partial charge is 0.255 e. The van der Waals surface area contributed by atoms with E-state index in [9.17, 15) is 9.59 Å². The molecular formula is C21H23N3O3. The molecule has 6 nitrogen and oxygen atoms in total. The summed E-state index contributed by atoms with van der Waals surface area (Å²) in [6.45, 7) is 3.81. The molecule has 27 heavy (non-hydrogen) atoms. The summed E-state index contributed by atoms with van der Waals surface area (Å²) < 4.78 is 5.50. The average molecular weight is 365 g/mol. The fourth-order valence-electron chi connectivity index (χ4n) is 2.75. The zero-order valence-corrected chi connectivity index (χ0v) is 15.3. The van der Waals surface area contributed by atoms with E-state index in [1.165, 1.54) is 0 Å². The van der Waals surface area contributed by atoms with Gasteiger partial charge in [0.1, 0.15) is 6.61 Å². The predicted octanol–water partition coefficient (Wildman–Crippen LogP) is 3.25. The van der Waals surface area contributed by atoms with Gasteiger partial charge in [-0.3, -0.25) is 9.59 Å². The lowest BCUT2D eigenvalue weighted by Crippen LogP contribution is -2.26. The second-order valence-electron chi connectivity index (χ2n) is 6.23. The van der Waals surface area contributed by atoms with Gasteiger partial charge in [-0.2, -0.15) is 0 Å². The normalized spacial score (nSPS) is 12.9. The number of aliphatic imine (C=N–C) groups is 1. The molecule has 0 radical (unpaired) electrons. The van der Waals surface area contributed by atoms with Crippen LogP contribution >= 0.6 is 0 Å². The molecule has 2 aromatic carbocycles. The third kappa shape index (κ3) is 4.73. The van der Waals surface area contributed by atoms with E-state index in [0.29, 0.717) is 42.4 Å². The molecule has 0 atom stereocenters. The highest BCUT2D eigenvalue weighted by molar-refractivity contribution is 6.10. The molecule has 0 unspecified atom stereocenters. The number of amides is 2. The van der Waals surface area contributed by atoms with Gasteiger partial charge in [-0.25, -0.2) is 4.99 Å². The van der Waals surface area contributed by atoms with Gasteiger partial charge in [0, 0.05) is 17.7 Å². The van der Waals surface area contributed by atoms with Crippen LogP contribution in [0.3, 0.4) is 0 Å². The highest BCUT2D eigenvalue weighted by atomic mass is 16.5. The molecule has 2 amide bonds. The van der Waals surface area contributed by atoms with Crippen molar-refractivity contribution in [3.63, 3.8) is 0 Å². The highest BCUT2D eigenvalue weighted by Gasteiger charge is 2.18. The van der Waals surface area contributed by atoms with E-state index in [0.717, 1.165) is 18.4 Å². The van der Waals surface area contributed by atoms with Crippen LogP contribution in [-0.4, -0.2) is 37.4 Å². The van der Waals surface area contributed by atoms with Crippen LogP contribution in [-0.2, 0) is 4.74 Å². The quantitative estimate of drug-likeness (QED) is 0.739. The third-order valence-corrected chi connectivity index (χ3v) is 4.20. The maximum absolute atomic E-state index is 12.6. The van der Waals surface area contributed by atoms with E-state index in [1.807, 2.05) is 6.07 Å². The molecule has 2 aromatic rings. The van der Waals surface area contributed by atoms with Gasteiger partial charge in [-0.05, 0) is 36.8 Å². The van der Waals surface area contributed by atoms with Crippen molar-refractivity contribution in [2.24, 2.45) is 4.99 Å². The number of rotatable bonds is 7. The van der Waals surface area contributed by atoms with Crippen molar-refractivity contribution in [3.8, 4) is 0 Å². The van der Waals surface area contributed by atoms with E-state index in [-0.39, 0.29) is 11.8 Å². The summed E-state index contributed by atoms with van der Waals surface area (Å²) in [4.78, 5) is 29.4. The van der Waals surface area contributed by atoms with E-state index in [4.69, 9.17) is 4.74 Å². The first-order valence-electron chi connectivity index (χ1n) is 9.15. The topological polar surface area (TPSA) is 79.8 Å². The van der Waals surface area contributed by atoms with Gasteiger partial charge < -0.3 is 15.4 Å². The van der Waals surface area contributed by atoms with Gasteiger partial charge in [0.05, 0.1) is 17.8 Å². The molecule has 1 aliphatic heterocycles. The molecule has 0 bridgehead atoms. The zero-order valence-electron chi connectivity index (χ0n) is 15.3. The Balaban J connectivity index is 1.87. The zero-order chi connectivity index (χ0) is 19.1. The highest BCUT2D eigenvalue weighted by Crippen LogP contribution is 2.21. The van der Waals surface area contributed by atoms with Gasteiger partial charge in [0.2, 0.25) is 5.90 Å². The van der Waals surface area contributed by atoms with Gasteiger partial charge in [0.15, 0.2) is 0 Å². The molecule has 1 aliphatic rings. The lowest BCUT2D eigenvalue weighted by molar-refractivity contribution is 0.0954. The first-order chi connectivity index (χ1) is 13.2. The number of hydrogen-bond donors (Lipinski definition) is 2. The molecular weight excluding hydrogens is 342 g/mol. The molecule has 2 N–H and O–H groups in total. The van der Waals surface area contributed by atoms with Crippen LogP contribution in [0.4, 0.5) is 5.69 Å². The van der Waals surface area contributed by atoms with Crippen molar-refractivity contribution < 1.29 is 14.3 Å². The molecule has 140 valence electrons. The van der Waals surface area contributed by atoms with Crippen LogP contribution < -0.4 is 10.6 Å². The predicted molar refractivity (Wildman–Crippen MR) is 105 cm³/mol. The van der Waals surface area contributed by atoms with Crippen LogP contribution in [0.25, 0.3) is 0 Å². The summed E-state index contributed by atoms with van der Waals surface area (Å²) in [5.74, 6) is 0.0421. The van der Waals surface area contributed by atoms with E-state index in [2.05, 4.69) is 22.5 Å². The average Bonchev–Trinajstić information content (AvgIpc) is 3.23. The summed E-state index contributed by atoms with van der Waals surface area (Å²) >= 11 is 0. The first-order valence-corrected chi connectivity index (χ1v) is 9.15. The Morgan fingerprint density at radius 2 is 1.93 bits per heavy atom. The maximum atomic E-state index is 12.6. The summed E-state index contributed by atoms with van der Waals surface area (Å²) in [5, 5.41) is 5.74. The van der Waals surface area contributed by atoms with Gasteiger partial charge >= 0.3 is 0 Å². The van der Waals surface area contributed by atoms with Gasteiger partial charge in [-0.1, -0.05) is 31.5 Å². The Kier molecular flexibility index (Phi) is 6.20. The van der Waals surface area contributed by atoms with Crippen molar-refractivity contribution in [2.75, 3.05) is 25.0 Å². The maximum Gasteiger partial charge on any atom is 0.255 e. The molecule has 0 saturated carbocycles. The van der Waals surface area contributed by atoms with Crippen LogP contribution in [0.15, 0.2) is 53.5 Å². The molecule has 0 fully saturated rings. The molecule has 6 heteroatoms. The van der Waals surface area contributed by atoms with E-state index >= 15 is 0 Å². The molecule has 0 aromatic heterocycles. The lowest BCUT2D eigenvalue weighted by Gasteiger charge is -2.13. The van der Waals surface area contributed by atoms with Crippen LogP contribution in [0.5, 0.6) is 0 Å². The number of unbranched alkanes of at least 4 members (excludes halogenated alkanes) is 1. The Labute approximate surface area is 158 Å². The van der Waals surface area contributed by atoms with Crippen LogP contribution in [0.2, 0.25) is 0 Å². The Morgan fingerprint density at radius 1 is 1.11 bits per heavy atom. The number of nitrogens with zero attached hydrogens (tertiary/aromatic N) is 1. The van der Waals surface area contributed by atoms with Crippen molar-refractivity contribution in [1.82, 2.24) is 5.32 Å². The molecule has 0 aliphatic carbocycles. The molecule has 0 saturated heterocycles. The summed E-state index contributed by atoms with van der Waals surface area (Å²) in [6, 6.07) is 14.1.